The van der Waals surface area contributed by atoms with Crippen molar-refractivity contribution in [1.29, 1.82) is 0 Å². The summed E-state index contributed by atoms with van der Waals surface area (Å²) in [7, 11) is 0. The first-order valence-electron chi connectivity index (χ1n) is 3.61. The maximum Gasteiger partial charge on any atom is 0.333 e. The molecule has 0 aromatic heterocycles. The van der Waals surface area contributed by atoms with Crippen molar-refractivity contribution in [3.05, 3.63) is 53.0 Å². The Morgan fingerprint density at radius 1 is 1.38 bits per heavy atom. The van der Waals surface area contributed by atoms with Gasteiger partial charge in [-0.1, -0.05) is 30.3 Å². The van der Waals surface area contributed by atoms with Crippen molar-refractivity contribution in [1.82, 2.24) is 0 Å². The zero-order chi connectivity index (χ0) is 9.68. The minimum Gasteiger partial charge on any atom is -0.486 e. The minimum absolute atomic E-state index is 0.272. The maximum atomic E-state index is 10.5. The van der Waals surface area contributed by atoms with Crippen LogP contribution in [0.2, 0.25) is 0 Å². The molecule has 0 radical (unpaired) electrons. The molecule has 0 spiro atoms. The summed E-state index contributed by atoms with van der Waals surface area (Å²) in [6.07, 6.45) is 1.34. The first-order valence-corrected chi connectivity index (χ1v) is 3.61. The largest absolute Gasteiger partial charge is 0.486 e. The molecule has 0 fully saturated rings. The highest BCUT2D eigenvalue weighted by atomic mass is 16.4. The minimum atomic E-state index is -1.20. The number of rotatable bonds is 2. The fourth-order valence-electron chi connectivity index (χ4n) is 0.849. The van der Waals surface area contributed by atoms with E-state index in [1.807, 2.05) is 6.07 Å². The van der Waals surface area contributed by atoms with Crippen LogP contribution in [0, 0.1) is 6.57 Å². The second kappa shape index (κ2) is 4.07. The van der Waals surface area contributed by atoms with Crippen molar-refractivity contribution in [3.8, 4) is 0 Å². The maximum absolute atomic E-state index is 10.5. The number of benzene rings is 1. The second-order valence-corrected chi connectivity index (χ2v) is 2.36. The van der Waals surface area contributed by atoms with Crippen molar-refractivity contribution in [2.45, 2.75) is 0 Å². The summed E-state index contributed by atoms with van der Waals surface area (Å²) in [6.45, 7) is 6.62. The molecule has 3 nitrogen and oxygen atoms in total. The zero-order valence-corrected chi connectivity index (χ0v) is 6.77. The van der Waals surface area contributed by atoms with Gasteiger partial charge in [-0.2, -0.15) is 0 Å². The summed E-state index contributed by atoms with van der Waals surface area (Å²) in [5.41, 5.74) is 0.446. The van der Waals surface area contributed by atoms with Gasteiger partial charge in [-0.15, -0.1) is 0 Å². The Bertz CT molecular complexity index is 374. The summed E-state index contributed by atoms with van der Waals surface area (Å²) in [5, 5.41) is 8.55. The van der Waals surface area contributed by atoms with Gasteiger partial charge in [-0.25, -0.2) is 4.85 Å². The highest BCUT2D eigenvalue weighted by Gasteiger charge is 2.05. The third-order valence-electron chi connectivity index (χ3n) is 1.44. The molecular formula is C10H7NO2. The lowest BCUT2D eigenvalue weighted by molar-refractivity contribution is -0.132. The molecule has 0 aliphatic rings. The number of nitrogens with zero attached hydrogens (tertiary/aromatic N) is 1. The van der Waals surface area contributed by atoms with Crippen molar-refractivity contribution in [2.24, 2.45) is 0 Å². The normalized spacial score (nSPS) is 10.5. The number of hydrogen-bond acceptors (Lipinski definition) is 1. The van der Waals surface area contributed by atoms with Crippen LogP contribution in [0.3, 0.4) is 0 Å². The molecule has 0 atom stereocenters. The van der Waals surface area contributed by atoms with Crippen molar-refractivity contribution in [3.63, 3.8) is 0 Å². The van der Waals surface area contributed by atoms with E-state index < -0.39 is 5.97 Å². The van der Waals surface area contributed by atoms with Crippen LogP contribution >= 0.6 is 0 Å². The molecule has 13 heavy (non-hydrogen) atoms. The van der Waals surface area contributed by atoms with Gasteiger partial charge in [0.05, 0.1) is 6.57 Å². The molecule has 0 saturated carbocycles. The van der Waals surface area contributed by atoms with Crippen LogP contribution < -0.4 is 0 Å². The fraction of sp³-hybridized carbons (Fsp3) is 0. The molecule has 1 aromatic carbocycles. The number of carboxylic acids is 1. The van der Waals surface area contributed by atoms with E-state index in [0.717, 1.165) is 5.56 Å². The summed E-state index contributed by atoms with van der Waals surface area (Å²) in [6, 6.07) is 8.89. The molecule has 64 valence electrons. The van der Waals surface area contributed by atoms with Gasteiger partial charge in [0.2, 0.25) is 0 Å². The summed E-state index contributed by atoms with van der Waals surface area (Å²) < 4.78 is 0. The molecular weight excluding hydrogens is 166 g/mol. The highest BCUT2D eigenvalue weighted by Crippen LogP contribution is 2.07. The predicted octanol–water partition coefficient (Wildman–Crippen LogP) is 2.03. The first-order chi connectivity index (χ1) is 6.24. The third-order valence-corrected chi connectivity index (χ3v) is 1.44. The van der Waals surface area contributed by atoms with Crippen molar-refractivity contribution >= 4 is 12.0 Å². The smallest absolute Gasteiger partial charge is 0.333 e. The Morgan fingerprint density at radius 2 is 2.00 bits per heavy atom. The molecule has 0 unspecified atom stereocenters. The topological polar surface area (TPSA) is 41.7 Å². The molecule has 0 aliphatic carbocycles. The van der Waals surface area contributed by atoms with Crippen LogP contribution in [0.15, 0.2) is 36.0 Å². The van der Waals surface area contributed by atoms with E-state index >= 15 is 0 Å². The SMILES string of the molecule is [C-]#[N+]/C(=C\c1ccccc1)C(=O)O. The van der Waals surface area contributed by atoms with Crippen LogP contribution in [0.4, 0.5) is 0 Å². The highest BCUT2D eigenvalue weighted by molar-refractivity contribution is 5.94. The molecule has 0 bridgehead atoms. The molecule has 0 amide bonds. The monoisotopic (exact) mass is 173 g/mol. The lowest BCUT2D eigenvalue weighted by Crippen LogP contribution is -1.95. The summed E-state index contributed by atoms with van der Waals surface area (Å²) in [5.74, 6) is -1.20. The Hall–Kier alpha value is -2.08. The average molecular weight is 173 g/mol. The van der Waals surface area contributed by atoms with E-state index in [9.17, 15) is 4.79 Å². The van der Waals surface area contributed by atoms with Gasteiger partial charge in [0.1, 0.15) is 0 Å². The van der Waals surface area contributed by atoms with Gasteiger partial charge in [0, 0.05) is 0 Å². The van der Waals surface area contributed by atoms with E-state index in [0.29, 0.717) is 0 Å². The van der Waals surface area contributed by atoms with Crippen molar-refractivity contribution < 1.29 is 9.90 Å². The van der Waals surface area contributed by atoms with E-state index in [-0.39, 0.29) is 5.70 Å². The summed E-state index contributed by atoms with van der Waals surface area (Å²) in [4.78, 5) is 13.3. The van der Waals surface area contributed by atoms with Crippen LogP contribution in [-0.2, 0) is 4.79 Å². The molecule has 0 aliphatic heterocycles. The molecule has 0 heterocycles. The Kier molecular flexibility index (Phi) is 2.82. The van der Waals surface area contributed by atoms with E-state index in [1.54, 1.807) is 24.3 Å². The van der Waals surface area contributed by atoms with E-state index in [1.165, 1.54) is 6.08 Å². The standard InChI is InChI=1S/C10H7NO2/c1-11-9(10(12)13)7-8-5-3-2-4-6-8/h2-7H,(H,12,13)/b9-7-. The number of aliphatic carboxylic acids is 1. The van der Waals surface area contributed by atoms with Gasteiger partial charge in [0.25, 0.3) is 5.70 Å². The van der Waals surface area contributed by atoms with Crippen LogP contribution in [0.1, 0.15) is 5.56 Å². The first kappa shape index (κ1) is 9.01. The number of carboxylic acid groups (broad SMARTS) is 1. The van der Waals surface area contributed by atoms with Crippen LogP contribution in [0.5, 0.6) is 0 Å². The van der Waals surface area contributed by atoms with Gasteiger partial charge < -0.3 is 5.11 Å². The quantitative estimate of drug-likeness (QED) is 0.549. The zero-order valence-electron chi connectivity index (χ0n) is 6.77. The molecule has 1 aromatic rings. The van der Waals surface area contributed by atoms with E-state index in [2.05, 4.69) is 4.85 Å². The Morgan fingerprint density at radius 3 is 2.46 bits per heavy atom. The number of hydrogen-bond donors (Lipinski definition) is 1. The summed E-state index contributed by atoms with van der Waals surface area (Å²) >= 11 is 0. The van der Waals surface area contributed by atoms with Crippen molar-refractivity contribution in [2.75, 3.05) is 0 Å². The lowest BCUT2D eigenvalue weighted by atomic mass is 10.2. The van der Waals surface area contributed by atoms with Crippen LogP contribution in [0.25, 0.3) is 10.9 Å². The second-order valence-electron chi connectivity index (χ2n) is 2.36. The lowest BCUT2D eigenvalue weighted by Gasteiger charge is -1.92. The molecule has 1 N–H and O–H groups in total. The Labute approximate surface area is 75.8 Å². The van der Waals surface area contributed by atoms with E-state index in [4.69, 9.17) is 11.7 Å². The predicted molar refractivity (Wildman–Crippen MR) is 48.7 cm³/mol. The van der Waals surface area contributed by atoms with Gasteiger partial charge >= 0.3 is 5.97 Å². The molecule has 3 heteroatoms. The Balaban J connectivity index is 3.01. The molecule has 1 rings (SSSR count). The number of carbonyl (C=O) groups is 1. The molecule has 0 saturated heterocycles. The fourth-order valence-corrected chi connectivity index (χ4v) is 0.849. The van der Waals surface area contributed by atoms with Gasteiger partial charge in [-0.05, 0) is 11.6 Å². The third kappa shape index (κ3) is 2.46. The average Bonchev–Trinajstić information content (AvgIpc) is 2.15. The van der Waals surface area contributed by atoms with Crippen LogP contribution in [-0.4, -0.2) is 11.1 Å². The van der Waals surface area contributed by atoms with Gasteiger partial charge in [-0.3, -0.25) is 4.79 Å². The van der Waals surface area contributed by atoms with Gasteiger partial charge in [0.15, 0.2) is 0 Å².